The number of carbonyl (C=O) groups excluding carboxylic acids is 1. The van der Waals surface area contributed by atoms with Gasteiger partial charge in [0.25, 0.3) is 5.91 Å². The number of amides is 1. The molecule has 0 spiro atoms. The summed E-state index contributed by atoms with van der Waals surface area (Å²) < 4.78 is 7.50. The molecular formula is C22H23N5O2S2. The second-order valence-electron chi connectivity index (χ2n) is 7.45. The summed E-state index contributed by atoms with van der Waals surface area (Å²) in [6.45, 7) is 5.28. The second kappa shape index (κ2) is 8.78. The van der Waals surface area contributed by atoms with Gasteiger partial charge in [0, 0.05) is 44.8 Å². The van der Waals surface area contributed by atoms with Crippen LogP contribution in [-0.4, -0.2) is 67.2 Å². The number of fused-ring (bicyclic) bond motifs is 2. The van der Waals surface area contributed by atoms with Crippen molar-refractivity contribution in [2.45, 2.75) is 0 Å². The van der Waals surface area contributed by atoms with Crippen molar-refractivity contribution >= 4 is 54.1 Å². The second-order valence-corrected chi connectivity index (χ2v) is 9.34. The highest BCUT2D eigenvalue weighted by Gasteiger charge is 2.20. The first-order valence-electron chi connectivity index (χ1n) is 10.2. The fraction of sp³-hybridized carbons (Fsp3) is 0.318. The summed E-state index contributed by atoms with van der Waals surface area (Å²) in [5.41, 5.74) is 4.44. The lowest BCUT2D eigenvalue weighted by atomic mass is 10.2. The molecule has 9 heteroatoms. The van der Waals surface area contributed by atoms with E-state index in [1.165, 1.54) is 0 Å². The first-order valence-corrected chi connectivity index (χ1v) is 11.9. The molecule has 2 aromatic heterocycles. The third kappa shape index (κ3) is 4.34. The lowest BCUT2D eigenvalue weighted by molar-refractivity contribution is 0.0948. The first-order chi connectivity index (χ1) is 15.2. The van der Waals surface area contributed by atoms with Crippen LogP contribution in [0.25, 0.3) is 20.4 Å². The number of methoxy groups -OCH3 is 1. The molecule has 1 aliphatic heterocycles. The Balaban J connectivity index is 1.11. The molecule has 0 bridgehead atoms. The Labute approximate surface area is 188 Å². The van der Waals surface area contributed by atoms with E-state index in [-0.39, 0.29) is 5.91 Å². The number of nitrogens with zero attached hydrogens (tertiary/aromatic N) is 4. The van der Waals surface area contributed by atoms with Gasteiger partial charge in [-0.25, -0.2) is 9.97 Å². The summed E-state index contributed by atoms with van der Waals surface area (Å²) in [6.07, 6.45) is 0. The topological polar surface area (TPSA) is 70.6 Å². The summed E-state index contributed by atoms with van der Waals surface area (Å²) in [6, 6.07) is 11.7. The molecule has 1 saturated heterocycles. The predicted octanol–water partition coefficient (Wildman–Crippen LogP) is 3.47. The molecule has 3 heterocycles. The number of hydrogen-bond acceptors (Lipinski definition) is 8. The summed E-state index contributed by atoms with van der Waals surface area (Å²) >= 11 is 3.26. The van der Waals surface area contributed by atoms with Crippen LogP contribution in [0.2, 0.25) is 0 Å². The number of hydrogen-bond donors (Lipinski definition) is 1. The third-order valence-corrected chi connectivity index (χ3v) is 7.40. The number of benzene rings is 2. The van der Waals surface area contributed by atoms with E-state index in [0.717, 1.165) is 64.0 Å². The van der Waals surface area contributed by atoms with E-state index in [1.807, 2.05) is 36.4 Å². The van der Waals surface area contributed by atoms with Gasteiger partial charge in [0.1, 0.15) is 5.75 Å². The minimum absolute atomic E-state index is 0.0289. The van der Waals surface area contributed by atoms with Crippen LogP contribution in [0.3, 0.4) is 0 Å². The predicted molar refractivity (Wildman–Crippen MR) is 127 cm³/mol. The van der Waals surface area contributed by atoms with E-state index < -0.39 is 0 Å². The van der Waals surface area contributed by atoms with Gasteiger partial charge in [0.2, 0.25) is 0 Å². The van der Waals surface area contributed by atoms with Gasteiger partial charge in [0.15, 0.2) is 5.13 Å². The highest BCUT2D eigenvalue weighted by atomic mass is 32.1. The number of ether oxygens (including phenoxy) is 1. The Kier molecular flexibility index (Phi) is 5.71. The molecule has 5 rings (SSSR count). The molecule has 31 heavy (non-hydrogen) atoms. The van der Waals surface area contributed by atoms with E-state index in [4.69, 9.17) is 9.72 Å². The van der Waals surface area contributed by atoms with Crippen LogP contribution in [-0.2, 0) is 0 Å². The maximum atomic E-state index is 12.5. The van der Waals surface area contributed by atoms with Crippen LogP contribution in [0.15, 0.2) is 41.9 Å². The van der Waals surface area contributed by atoms with E-state index in [1.54, 1.807) is 35.3 Å². The number of rotatable bonds is 6. The Morgan fingerprint density at radius 1 is 1.10 bits per heavy atom. The SMILES string of the molecule is COc1ccc2nc(N3CCN(CCNC(=O)c4ccc5ncsc5c4)CC3)sc2c1. The van der Waals surface area contributed by atoms with Crippen molar-refractivity contribution < 1.29 is 9.53 Å². The van der Waals surface area contributed by atoms with Crippen molar-refractivity contribution in [3.05, 3.63) is 47.5 Å². The summed E-state index contributed by atoms with van der Waals surface area (Å²) in [7, 11) is 1.69. The molecule has 0 unspecified atom stereocenters. The monoisotopic (exact) mass is 453 g/mol. The Hall–Kier alpha value is -2.75. The number of aromatic nitrogens is 2. The highest BCUT2D eigenvalue weighted by Crippen LogP contribution is 2.31. The first kappa shape index (κ1) is 20.2. The third-order valence-electron chi connectivity index (χ3n) is 5.53. The zero-order valence-electron chi connectivity index (χ0n) is 17.2. The molecule has 1 fully saturated rings. The van der Waals surface area contributed by atoms with Crippen LogP contribution in [0.5, 0.6) is 5.75 Å². The molecule has 7 nitrogen and oxygen atoms in total. The van der Waals surface area contributed by atoms with Gasteiger partial charge in [-0.1, -0.05) is 11.3 Å². The molecule has 1 amide bonds. The van der Waals surface area contributed by atoms with Crippen LogP contribution in [0.4, 0.5) is 5.13 Å². The van der Waals surface area contributed by atoms with Crippen molar-refractivity contribution in [1.82, 2.24) is 20.2 Å². The largest absolute Gasteiger partial charge is 0.497 e. The molecule has 0 aliphatic carbocycles. The normalized spacial score (nSPS) is 14.9. The van der Waals surface area contributed by atoms with Gasteiger partial charge in [-0.15, -0.1) is 11.3 Å². The number of carbonyl (C=O) groups is 1. The Morgan fingerprint density at radius 3 is 2.77 bits per heavy atom. The average molecular weight is 454 g/mol. The summed E-state index contributed by atoms with van der Waals surface area (Å²) in [5.74, 6) is 0.834. The molecule has 1 aliphatic rings. The average Bonchev–Trinajstić information content (AvgIpc) is 3.45. The van der Waals surface area contributed by atoms with Crippen molar-refractivity contribution in [2.75, 3.05) is 51.3 Å². The van der Waals surface area contributed by atoms with Crippen LogP contribution in [0.1, 0.15) is 10.4 Å². The van der Waals surface area contributed by atoms with E-state index in [0.29, 0.717) is 12.1 Å². The minimum atomic E-state index is -0.0289. The maximum absolute atomic E-state index is 12.5. The van der Waals surface area contributed by atoms with Crippen molar-refractivity contribution in [1.29, 1.82) is 0 Å². The molecular weight excluding hydrogens is 430 g/mol. The van der Waals surface area contributed by atoms with Gasteiger partial charge in [0.05, 0.1) is 33.1 Å². The lowest BCUT2D eigenvalue weighted by Crippen LogP contribution is -2.48. The van der Waals surface area contributed by atoms with E-state index in [2.05, 4.69) is 20.1 Å². The quantitative estimate of drug-likeness (QED) is 0.482. The Morgan fingerprint density at radius 2 is 1.94 bits per heavy atom. The Bertz CT molecular complexity index is 1210. The van der Waals surface area contributed by atoms with Crippen LogP contribution in [0, 0.1) is 0 Å². The smallest absolute Gasteiger partial charge is 0.251 e. The summed E-state index contributed by atoms with van der Waals surface area (Å²) in [5, 5.41) is 4.11. The molecule has 0 saturated carbocycles. The highest BCUT2D eigenvalue weighted by molar-refractivity contribution is 7.22. The standard InChI is InChI=1S/C22H23N5O2S2/c1-29-16-3-5-18-20(13-16)31-22(25-18)27-10-8-26(9-11-27)7-6-23-21(28)15-2-4-17-19(12-15)30-14-24-17/h2-5,12-14H,6-11H2,1H3,(H,23,28). The number of anilines is 1. The molecule has 1 N–H and O–H groups in total. The summed E-state index contributed by atoms with van der Waals surface area (Å²) in [4.78, 5) is 26.2. The van der Waals surface area contributed by atoms with Crippen LogP contribution < -0.4 is 15.0 Å². The van der Waals surface area contributed by atoms with Gasteiger partial charge in [-0.05, 0) is 36.4 Å². The maximum Gasteiger partial charge on any atom is 0.251 e. The van der Waals surface area contributed by atoms with Gasteiger partial charge >= 0.3 is 0 Å². The number of nitrogens with one attached hydrogen (secondary N) is 1. The molecule has 2 aromatic carbocycles. The van der Waals surface area contributed by atoms with E-state index >= 15 is 0 Å². The van der Waals surface area contributed by atoms with Crippen molar-refractivity contribution in [2.24, 2.45) is 0 Å². The fourth-order valence-corrected chi connectivity index (χ4v) is 5.51. The van der Waals surface area contributed by atoms with Gasteiger partial charge in [-0.2, -0.15) is 0 Å². The van der Waals surface area contributed by atoms with Crippen molar-refractivity contribution in [3.63, 3.8) is 0 Å². The zero-order valence-corrected chi connectivity index (χ0v) is 18.8. The van der Waals surface area contributed by atoms with Crippen molar-refractivity contribution in [3.8, 4) is 5.75 Å². The molecule has 0 radical (unpaired) electrons. The van der Waals surface area contributed by atoms with Crippen LogP contribution >= 0.6 is 22.7 Å². The molecule has 160 valence electrons. The number of piperazine rings is 1. The zero-order chi connectivity index (χ0) is 21.2. The van der Waals surface area contributed by atoms with Gasteiger partial charge < -0.3 is 15.0 Å². The van der Waals surface area contributed by atoms with E-state index in [9.17, 15) is 4.79 Å². The van der Waals surface area contributed by atoms with Gasteiger partial charge in [-0.3, -0.25) is 9.69 Å². The molecule has 0 atom stereocenters. The minimum Gasteiger partial charge on any atom is -0.497 e. The fourth-order valence-electron chi connectivity index (χ4n) is 3.74. The lowest BCUT2D eigenvalue weighted by Gasteiger charge is -2.34. The molecule has 4 aromatic rings. The number of thiazole rings is 2.